The highest BCUT2D eigenvalue weighted by molar-refractivity contribution is 5.89. The molecule has 1 N–H and O–H groups in total. The van der Waals surface area contributed by atoms with Crippen LogP contribution in [0.2, 0.25) is 0 Å². The molecule has 2 aliphatic heterocycles. The van der Waals surface area contributed by atoms with E-state index in [0.717, 1.165) is 50.8 Å². The quantitative estimate of drug-likeness (QED) is 0.686. The molecule has 6 nitrogen and oxygen atoms in total. The number of carbonyl (C=O) groups excluding carboxylic acids is 2. The summed E-state index contributed by atoms with van der Waals surface area (Å²) in [5.74, 6) is -0.0184. The van der Waals surface area contributed by atoms with Crippen molar-refractivity contribution in [2.24, 2.45) is 0 Å². The van der Waals surface area contributed by atoms with Crippen molar-refractivity contribution in [3.8, 4) is 0 Å². The molecule has 0 saturated carbocycles. The van der Waals surface area contributed by atoms with E-state index in [1.807, 2.05) is 35.4 Å². The van der Waals surface area contributed by atoms with Crippen molar-refractivity contribution in [3.63, 3.8) is 0 Å². The number of rotatable bonds is 8. The lowest BCUT2D eigenvalue weighted by atomic mass is 9.80. The van der Waals surface area contributed by atoms with E-state index < -0.39 is 6.04 Å². The van der Waals surface area contributed by atoms with Crippen LogP contribution in [0.1, 0.15) is 44.1 Å². The van der Waals surface area contributed by atoms with Crippen LogP contribution in [0.3, 0.4) is 0 Å². The molecule has 0 radical (unpaired) electrons. The molecule has 2 saturated heterocycles. The average molecular weight is 397 g/mol. The van der Waals surface area contributed by atoms with Crippen LogP contribution in [0.25, 0.3) is 0 Å². The number of pyridine rings is 1. The minimum absolute atomic E-state index is 0.0478. The Hall–Kier alpha value is -2.47. The van der Waals surface area contributed by atoms with Gasteiger partial charge in [0.15, 0.2) is 0 Å². The zero-order valence-electron chi connectivity index (χ0n) is 17.2. The molecule has 3 rings (SSSR count). The van der Waals surface area contributed by atoms with Gasteiger partial charge < -0.3 is 10.2 Å². The van der Waals surface area contributed by atoms with E-state index in [9.17, 15) is 9.59 Å². The first kappa shape index (κ1) is 21.2. The number of hydrogen-bond donors (Lipinski definition) is 1. The molecule has 3 heterocycles. The van der Waals surface area contributed by atoms with Gasteiger partial charge in [-0.3, -0.25) is 19.5 Å². The Kier molecular flexibility index (Phi) is 7.20. The third-order valence-electron chi connectivity index (χ3n) is 6.11. The van der Waals surface area contributed by atoms with Gasteiger partial charge in [-0.15, -0.1) is 13.2 Å². The van der Waals surface area contributed by atoms with Crippen molar-refractivity contribution in [3.05, 3.63) is 55.4 Å². The van der Waals surface area contributed by atoms with Crippen LogP contribution in [-0.4, -0.2) is 57.8 Å². The highest BCUT2D eigenvalue weighted by Crippen LogP contribution is 2.36. The summed E-state index contributed by atoms with van der Waals surface area (Å²) in [4.78, 5) is 34.3. The molecule has 0 aromatic carbocycles. The van der Waals surface area contributed by atoms with Crippen molar-refractivity contribution >= 4 is 11.8 Å². The van der Waals surface area contributed by atoms with Gasteiger partial charge in [-0.2, -0.15) is 0 Å². The van der Waals surface area contributed by atoms with Gasteiger partial charge in [-0.1, -0.05) is 18.2 Å². The smallest absolute Gasteiger partial charge is 0.237 e. The van der Waals surface area contributed by atoms with Gasteiger partial charge >= 0.3 is 0 Å². The fourth-order valence-electron chi connectivity index (χ4n) is 4.71. The van der Waals surface area contributed by atoms with Gasteiger partial charge in [-0.05, 0) is 43.7 Å². The number of nitrogens with one attached hydrogen (secondary N) is 1. The number of hydrogen-bond acceptors (Lipinski definition) is 4. The monoisotopic (exact) mass is 396 g/mol. The van der Waals surface area contributed by atoms with Crippen LogP contribution < -0.4 is 5.32 Å². The van der Waals surface area contributed by atoms with Crippen molar-refractivity contribution in [2.45, 2.75) is 56.7 Å². The topological polar surface area (TPSA) is 65.5 Å². The van der Waals surface area contributed by atoms with Crippen molar-refractivity contribution in [1.82, 2.24) is 20.1 Å². The van der Waals surface area contributed by atoms with Crippen LogP contribution in [-0.2, 0) is 16.1 Å². The minimum atomic E-state index is -0.455. The maximum atomic E-state index is 13.4. The number of piperidine rings is 1. The normalized spacial score (nSPS) is 22.0. The van der Waals surface area contributed by atoms with Gasteiger partial charge in [-0.25, -0.2) is 0 Å². The molecular weight excluding hydrogens is 364 g/mol. The Balaban J connectivity index is 1.77. The van der Waals surface area contributed by atoms with Crippen LogP contribution in [0.5, 0.6) is 0 Å². The van der Waals surface area contributed by atoms with Crippen LogP contribution in [0, 0.1) is 0 Å². The minimum Gasteiger partial charge on any atom is -0.353 e. The average Bonchev–Trinajstić information content (AvgIpc) is 2.72. The molecule has 1 unspecified atom stereocenters. The molecule has 2 amide bonds. The van der Waals surface area contributed by atoms with Gasteiger partial charge in [0, 0.05) is 44.1 Å². The first-order valence-corrected chi connectivity index (χ1v) is 10.5. The summed E-state index contributed by atoms with van der Waals surface area (Å²) in [5.41, 5.74) is 0.795. The van der Waals surface area contributed by atoms with Crippen LogP contribution >= 0.6 is 0 Å². The Morgan fingerprint density at radius 2 is 2.07 bits per heavy atom. The second-order valence-electron chi connectivity index (χ2n) is 8.06. The molecule has 6 heteroatoms. The summed E-state index contributed by atoms with van der Waals surface area (Å²) in [6.07, 6.45) is 12.1. The van der Waals surface area contributed by atoms with E-state index in [-0.39, 0.29) is 23.8 Å². The summed E-state index contributed by atoms with van der Waals surface area (Å²) in [5, 5.41) is 2.93. The summed E-state index contributed by atoms with van der Waals surface area (Å²) in [7, 11) is 0. The number of nitrogens with zero attached hydrogens (tertiary/aromatic N) is 3. The highest BCUT2D eigenvalue weighted by Gasteiger charge is 2.41. The molecule has 1 aromatic rings. The van der Waals surface area contributed by atoms with Gasteiger partial charge in [0.05, 0.1) is 12.5 Å². The Morgan fingerprint density at radius 1 is 1.28 bits per heavy atom. The number of aromatic nitrogens is 1. The lowest BCUT2D eigenvalue weighted by Crippen LogP contribution is -2.59. The third kappa shape index (κ3) is 4.93. The summed E-state index contributed by atoms with van der Waals surface area (Å²) < 4.78 is 0. The standard InChI is InChI=1S/C23H32N4O2/c1-3-9-23(10-4-2)11-5-6-14-27(23)21(28)16-20-22(29)25-13-15-26(20)18-19-8-7-12-24-17-19/h3-4,7-8,12,17,20H,1-2,5-6,9-11,13-16,18H2,(H,25,29). The largest absolute Gasteiger partial charge is 0.353 e. The van der Waals surface area contributed by atoms with Gasteiger partial charge in [0.25, 0.3) is 0 Å². The first-order chi connectivity index (χ1) is 14.1. The van der Waals surface area contributed by atoms with E-state index >= 15 is 0 Å². The highest BCUT2D eigenvalue weighted by atomic mass is 16.2. The fraction of sp³-hybridized carbons (Fsp3) is 0.522. The van der Waals surface area contributed by atoms with Crippen LogP contribution in [0.4, 0.5) is 0 Å². The van der Waals surface area contributed by atoms with E-state index in [1.165, 1.54) is 0 Å². The predicted molar refractivity (Wildman–Crippen MR) is 114 cm³/mol. The van der Waals surface area contributed by atoms with Gasteiger partial charge in [0.1, 0.15) is 0 Å². The van der Waals surface area contributed by atoms with E-state index in [4.69, 9.17) is 0 Å². The molecule has 156 valence electrons. The maximum Gasteiger partial charge on any atom is 0.237 e. The molecule has 2 fully saturated rings. The number of likely N-dealkylation sites (tertiary alicyclic amines) is 1. The number of piperazine rings is 1. The van der Waals surface area contributed by atoms with Gasteiger partial charge in [0.2, 0.25) is 11.8 Å². The number of amides is 2. The summed E-state index contributed by atoms with van der Waals surface area (Å²) in [6, 6.07) is 3.44. The molecule has 0 aliphatic carbocycles. The molecule has 0 bridgehead atoms. The zero-order chi connectivity index (χ0) is 20.7. The maximum absolute atomic E-state index is 13.4. The van der Waals surface area contributed by atoms with E-state index in [1.54, 1.807) is 6.20 Å². The lowest BCUT2D eigenvalue weighted by Gasteiger charge is -2.47. The molecule has 29 heavy (non-hydrogen) atoms. The lowest BCUT2D eigenvalue weighted by molar-refractivity contribution is -0.145. The molecule has 1 atom stereocenters. The number of carbonyl (C=O) groups is 2. The van der Waals surface area contributed by atoms with E-state index in [2.05, 4.69) is 28.4 Å². The Bertz CT molecular complexity index is 724. The third-order valence-corrected chi connectivity index (χ3v) is 6.11. The Morgan fingerprint density at radius 3 is 2.76 bits per heavy atom. The van der Waals surface area contributed by atoms with Crippen molar-refractivity contribution in [1.29, 1.82) is 0 Å². The Labute approximate surface area is 173 Å². The first-order valence-electron chi connectivity index (χ1n) is 10.5. The zero-order valence-corrected chi connectivity index (χ0v) is 17.2. The fourth-order valence-corrected chi connectivity index (χ4v) is 4.71. The molecular formula is C23H32N4O2. The van der Waals surface area contributed by atoms with Crippen LogP contribution in [0.15, 0.2) is 49.8 Å². The molecule has 2 aliphatic rings. The second kappa shape index (κ2) is 9.83. The van der Waals surface area contributed by atoms with Crippen molar-refractivity contribution in [2.75, 3.05) is 19.6 Å². The second-order valence-corrected chi connectivity index (χ2v) is 8.06. The molecule has 0 spiro atoms. The van der Waals surface area contributed by atoms with Crippen molar-refractivity contribution < 1.29 is 9.59 Å². The van der Waals surface area contributed by atoms with E-state index in [0.29, 0.717) is 13.1 Å². The molecule has 1 aromatic heterocycles. The SMILES string of the molecule is C=CCC1(CC=C)CCCCN1C(=O)CC1C(=O)NCCN1Cc1cccnc1. The summed E-state index contributed by atoms with van der Waals surface area (Å²) >= 11 is 0. The predicted octanol–water partition coefficient (Wildman–Crippen LogP) is 2.68. The summed E-state index contributed by atoms with van der Waals surface area (Å²) in [6.45, 7) is 10.5.